The number of amides is 2. The number of fused-ring (bicyclic) bond motifs is 4. The first-order valence-electron chi connectivity index (χ1n) is 27.5. The van der Waals surface area contributed by atoms with Crippen LogP contribution in [0.4, 0.5) is 10.2 Å². The number of halogens is 1. The Morgan fingerprint density at radius 2 is 1.73 bits per heavy atom. The van der Waals surface area contributed by atoms with Crippen LogP contribution in [0, 0.1) is 18.7 Å². The Balaban J connectivity index is 0.823. The van der Waals surface area contributed by atoms with Crippen molar-refractivity contribution in [3.05, 3.63) is 126 Å². The lowest BCUT2D eigenvalue weighted by atomic mass is 9.88. The quantitative estimate of drug-likeness (QED) is 0.0532. The van der Waals surface area contributed by atoms with E-state index in [4.69, 9.17) is 24.2 Å². The van der Waals surface area contributed by atoms with E-state index < -0.39 is 30.1 Å². The average Bonchev–Trinajstić information content (AvgIpc) is 3.64. The van der Waals surface area contributed by atoms with Crippen molar-refractivity contribution in [2.24, 2.45) is 5.92 Å². The molecule has 3 saturated heterocycles. The van der Waals surface area contributed by atoms with Gasteiger partial charge >= 0.3 is 6.01 Å². The van der Waals surface area contributed by atoms with E-state index in [1.165, 1.54) is 15.6 Å². The van der Waals surface area contributed by atoms with Gasteiger partial charge in [0.05, 0.1) is 42.8 Å². The van der Waals surface area contributed by atoms with Gasteiger partial charge in [0, 0.05) is 85.1 Å². The van der Waals surface area contributed by atoms with Crippen LogP contribution in [-0.4, -0.2) is 137 Å². The van der Waals surface area contributed by atoms with Crippen LogP contribution in [-0.2, 0) is 20.9 Å². The van der Waals surface area contributed by atoms with E-state index >= 15 is 4.39 Å². The molecule has 7 heterocycles. The van der Waals surface area contributed by atoms with Gasteiger partial charge in [-0.2, -0.15) is 15.1 Å². The second-order valence-corrected chi connectivity index (χ2v) is 22.1. The fraction of sp³-hybridized carbons (Fsp3) is 0.400. The smallest absolute Gasteiger partial charge is 0.319 e. The molecule has 0 unspecified atom stereocenters. The maximum atomic E-state index is 16.1. The van der Waals surface area contributed by atoms with Gasteiger partial charge < -0.3 is 44.9 Å². The zero-order valence-electron chi connectivity index (χ0n) is 45.3. The van der Waals surface area contributed by atoms with Crippen molar-refractivity contribution in [2.45, 2.75) is 108 Å². The highest BCUT2D eigenvalue weighted by Crippen LogP contribution is 2.53. The topological polar surface area (TPSA) is 231 Å². The summed E-state index contributed by atoms with van der Waals surface area (Å²) >= 11 is 0. The first-order valence-corrected chi connectivity index (χ1v) is 27.5. The van der Waals surface area contributed by atoms with Crippen LogP contribution in [0.25, 0.3) is 55.3 Å². The number of hydrogen-bond acceptors (Lipinski definition) is 15. The first kappa shape index (κ1) is 52.8. The number of carbonyl (C=O) groups excluding carboxylic acids is 2. The predicted molar refractivity (Wildman–Crippen MR) is 298 cm³/mol. The Labute approximate surface area is 461 Å². The van der Waals surface area contributed by atoms with Crippen LogP contribution < -0.4 is 25.0 Å². The molecule has 12 rings (SSSR count). The zero-order valence-corrected chi connectivity index (χ0v) is 45.3. The van der Waals surface area contributed by atoms with Gasteiger partial charge in [0.2, 0.25) is 11.8 Å². The number of nitrogens with zero attached hydrogens (tertiary/aromatic N) is 9. The van der Waals surface area contributed by atoms with E-state index in [2.05, 4.69) is 47.1 Å². The molecule has 4 aromatic carbocycles. The molecule has 20 heteroatoms. The fourth-order valence-corrected chi connectivity index (χ4v) is 11.8. The number of rotatable bonds is 19. The average molecular weight is 1090 g/mol. The summed E-state index contributed by atoms with van der Waals surface area (Å²) in [6.07, 6.45) is 8.77. The Morgan fingerprint density at radius 3 is 2.42 bits per heavy atom. The first-order chi connectivity index (χ1) is 38.8. The number of hydrogen-bond donors (Lipinski definition) is 5. The minimum absolute atomic E-state index is 0.0388. The van der Waals surface area contributed by atoms with Crippen LogP contribution >= 0.6 is 0 Å². The lowest BCUT2D eigenvalue weighted by Gasteiger charge is -2.30. The van der Waals surface area contributed by atoms with Gasteiger partial charge in [-0.15, -0.1) is 5.10 Å². The summed E-state index contributed by atoms with van der Waals surface area (Å²) in [6.45, 7) is 9.08. The highest BCUT2D eigenvalue weighted by Gasteiger charge is 2.44. The Morgan fingerprint density at radius 1 is 0.925 bits per heavy atom. The van der Waals surface area contributed by atoms with Gasteiger partial charge in [0.1, 0.15) is 48.1 Å². The molecule has 414 valence electrons. The van der Waals surface area contributed by atoms with Crippen LogP contribution in [0.15, 0.2) is 97.6 Å². The highest BCUT2D eigenvalue weighted by molar-refractivity contribution is 6.06. The summed E-state index contributed by atoms with van der Waals surface area (Å²) in [5.41, 5.74) is 8.77. The molecule has 8 aromatic rings. The lowest BCUT2D eigenvalue weighted by molar-refractivity contribution is -0.142. The molecule has 4 aromatic heterocycles. The number of anilines is 1. The normalized spacial score (nSPS) is 20.0. The van der Waals surface area contributed by atoms with Crippen molar-refractivity contribution in [3.8, 4) is 45.3 Å². The van der Waals surface area contributed by atoms with Crippen molar-refractivity contribution >= 4 is 39.4 Å². The number of aliphatic hydroxyl groups is 2. The van der Waals surface area contributed by atoms with E-state index in [9.17, 15) is 19.8 Å². The zero-order chi connectivity index (χ0) is 55.3. The van der Waals surface area contributed by atoms with Gasteiger partial charge in [0.15, 0.2) is 5.75 Å². The van der Waals surface area contributed by atoms with E-state index in [1.807, 2.05) is 81.4 Å². The summed E-state index contributed by atoms with van der Waals surface area (Å²) in [5, 5.41) is 45.8. The van der Waals surface area contributed by atoms with E-state index in [0.29, 0.717) is 45.2 Å². The number of methoxy groups -OCH3 is 1. The van der Waals surface area contributed by atoms with E-state index in [0.717, 1.165) is 82.3 Å². The van der Waals surface area contributed by atoms with Crippen molar-refractivity contribution in [1.29, 1.82) is 0 Å². The number of H-pyrrole nitrogens is 1. The number of aliphatic hydroxyl groups excluding tert-OH is 2. The van der Waals surface area contributed by atoms with Gasteiger partial charge in [-0.05, 0) is 96.5 Å². The van der Waals surface area contributed by atoms with Gasteiger partial charge in [-0.3, -0.25) is 19.7 Å². The van der Waals surface area contributed by atoms with Crippen molar-refractivity contribution < 1.29 is 38.4 Å². The standard InChI is InChI=1S/C60H65FN12O7/c1-32(2)55(59(77)72-27-43(75)20-51(72)58(76)65-50(29-74)39-16-12-36(13-17-39)40-7-6-18-62-23-40)73-28-49(69-70-73)38-10-8-35(9-11-38)31-79-56-53(52-34(4)47(61)22-48-46(52)25-64-68-48)44(37-14-15-37)21-45-54(56)66-60(80-30-33(3)78-5)67-57(45)71-26-41-19-42(71)24-63-41/h6-13,16-18,21-23,25,28,32-33,37,41-43,50-51,55,63,74-75H,14-15,19-20,24,26-27,29-31H2,1-5H3,(H,64,68)(H,65,76)/t33-,41-,42-,43+,50-,51-,55-/m0/s1. The van der Waals surface area contributed by atoms with Crippen LogP contribution in [0.2, 0.25) is 0 Å². The molecular formula is C60H65FN12O7. The molecule has 1 saturated carbocycles. The lowest BCUT2D eigenvalue weighted by Crippen LogP contribution is -2.50. The van der Waals surface area contributed by atoms with Crippen molar-refractivity contribution in [3.63, 3.8) is 0 Å². The van der Waals surface area contributed by atoms with E-state index in [1.54, 1.807) is 38.8 Å². The fourth-order valence-electron chi connectivity index (χ4n) is 11.8. The molecule has 80 heavy (non-hydrogen) atoms. The maximum absolute atomic E-state index is 16.1. The molecule has 3 aliphatic heterocycles. The third-order valence-corrected chi connectivity index (χ3v) is 16.3. The van der Waals surface area contributed by atoms with Crippen LogP contribution in [0.5, 0.6) is 11.8 Å². The number of pyridine rings is 1. The third-order valence-electron chi connectivity index (χ3n) is 16.3. The summed E-state index contributed by atoms with van der Waals surface area (Å²) in [4.78, 5) is 46.8. The number of ether oxygens (including phenoxy) is 3. The van der Waals surface area contributed by atoms with Gasteiger partial charge in [-0.25, -0.2) is 9.07 Å². The molecule has 7 atom stereocenters. The molecule has 19 nitrogen and oxygen atoms in total. The number of likely N-dealkylation sites (tertiary alicyclic amines) is 1. The van der Waals surface area contributed by atoms with Crippen molar-refractivity contribution in [1.82, 2.24) is 55.7 Å². The summed E-state index contributed by atoms with van der Waals surface area (Å²) in [6, 6.07) is 20.9. The SMILES string of the molecule is CO[C@@H](C)COc1nc(N2C[C@@H]3C[C@H]2CN3)c2cc(C3CC3)c(-c3c(C)c(F)cc4[nH]ncc34)c(OCc3ccc(-c4cn([C@H](C(=O)N5C[C@H](O)C[C@H]5C(=O)N[C@@H](CO)c5ccc(-c6cccnc6)cc5)C(C)C)nn4)cc3)c2n1. The van der Waals surface area contributed by atoms with Gasteiger partial charge in [0.25, 0.3) is 0 Å². The largest absolute Gasteiger partial charge is 0.486 e. The highest BCUT2D eigenvalue weighted by atomic mass is 19.1. The Bertz CT molecular complexity index is 3570. The van der Waals surface area contributed by atoms with Crippen LogP contribution in [0.1, 0.15) is 86.7 Å². The molecule has 4 aliphatic rings. The number of carbonyl (C=O) groups is 2. The maximum Gasteiger partial charge on any atom is 0.319 e. The van der Waals surface area contributed by atoms with Crippen molar-refractivity contribution in [2.75, 3.05) is 44.9 Å². The van der Waals surface area contributed by atoms with E-state index in [-0.39, 0.29) is 74.5 Å². The molecule has 2 amide bonds. The molecular weight excluding hydrogens is 1020 g/mol. The molecule has 1 aliphatic carbocycles. The minimum atomic E-state index is -0.984. The molecule has 2 bridgehead atoms. The Kier molecular flexibility index (Phi) is 14.5. The predicted octanol–water partition coefficient (Wildman–Crippen LogP) is 7.37. The molecule has 4 fully saturated rings. The number of piperazine rings is 1. The number of aromatic nitrogens is 8. The number of aromatic amines is 1. The van der Waals surface area contributed by atoms with Gasteiger partial charge in [-0.1, -0.05) is 73.7 Å². The molecule has 5 N–H and O–H groups in total. The summed E-state index contributed by atoms with van der Waals surface area (Å²) < 4.78 is 36.6. The summed E-state index contributed by atoms with van der Waals surface area (Å²) in [5.74, 6) is -0.0136. The van der Waals surface area contributed by atoms with Crippen LogP contribution in [0.3, 0.4) is 0 Å². The number of benzene rings is 4. The molecule has 0 radical (unpaired) electrons. The second-order valence-electron chi connectivity index (χ2n) is 22.1. The number of β-amino-alcohol motifs (C(OH)–C–C–N with tert-alkyl or cyclic N) is 1. The monoisotopic (exact) mass is 1080 g/mol. The number of nitrogens with one attached hydrogen (secondary N) is 3. The minimum Gasteiger partial charge on any atom is -0.486 e. The molecule has 0 spiro atoms. The Hall–Kier alpha value is -7.91. The summed E-state index contributed by atoms with van der Waals surface area (Å²) in [7, 11) is 1.64. The second kappa shape index (κ2) is 22.0. The third kappa shape index (κ3) is 10.2.